The van der Waals surface area contributed by atoms with Crippen molar-refractivity contribution in [2.75, 3.05) is 14.1 Å². The summed E-state index contributed by atoms with van der Waals surface area (Å²) in [5.74, 6) is -0.305. The number of rotatable bonds is 5. The lowest BCUT2D eigenvalue weighted by Gasteiger charge is -2.12. The van der Waals surface area contributed by atoms with Crippen molar-refractivity contribution in [3.8, 4) is 0 Å². The molecular weight excluding hydrogens is 388 g/mol. The molecule has 1 N–H and O–H groups in total. The molecule has 0 unspecified atom stereocenters. The van der Waals surface area contributed by atoms with E-state index < -0.39 is 10.0 Å². The van der Waals surface area contributed by atoms with Gasteiger partial charge in [-0.05, 0) is 46.3 Å². The molecule has 1 aromatic carbocycles. The van der Waals surface area contributed by atoms with E-state index in [-0.39, 0.29) is 10.8 Å². The Kier molecular flexibility index (Phi) is 5.38. The average Bonchev–Trinajstić information content (AvgIpc) is 2.90. The average molecular weight is 403 g/mol. The monoisotopic (exact) mass is 402 g/mol. The van der Waals surface area contributed by atoms with Gasteiger partial charge in [0, 0.05) is 24.5 Å². The lowest BCUT2D eigenvalue weighted by Crippen LogP contribution is -2.24. The maximum absolute atomic E-state index is 12.1. The number of hydrogen-bond acceptors (Lipinski definition) is 4. The van der Waals surface area contributed by atoms with Crippen molar-refractivity contribution in [3.63, 3.8) is 0 Å². The van der Waals surface area contributed by atoms with Crippen LogP contribution in [0, 0.1) is 0 Å². The van der Waals surface area contributed by atoms with E-state index in [0.29, 0.717) is 12.1 Å². The Balaban J connectivity index is 2.14. The van der Waals surface area contributed by atoms with Crippen molar-refractivity contribution < 1.29 is 13.2 Å². The summed E-state index contributed by atoms with van der Waals surface area (Å²) in [7, 11) is -0.637. The van der Waals surface area contributed by atoms with E-state index in [0.717, 1.165) is 13.0 Å². The zero-order valence-corrected chi connectivity index (χ0v) is 15.3. The van der Waals surface area contributed by atoms with Crippen LogP contribution >= 0.6 is 27.3 Å². The number of nitrogens with zero attached hydrogens (tertiary/aromatic N) is 1. The topological polar surface area (TPSA) is 66.5 Å². The van der Waals surface area contributed by atoms with Gasteiger partial charge >= 0.3 is 0 Å². The fourth-order valence-electron chi connectivity index (χ4n) is 1.72. The van der Waals surface area contributed by atoms with Gasteiger partial charge in [-0.15, -0.1) is 11.3 Å². The summed E-state index contributed by atoms with van der Waals surface area (Å²) in [5.41, 5.74) is 0.318. The standard InChI is InChI=1S/C14H15BrN2O3S2/c1-17(2)22(19,20)12-5-3-4-10(8-12)14(18)16-9-11-6-7-13(15)21-11/h3-8H,9H2,1-2H3,(H,16,18). The first-order valence-corrected chi connectivity index (χ1v) is 9.40. The van der Waals surface area contributed by atoms with E-state index in [9.17, 15) is 13.2 Å². The Morgan fingerprint density at radius 3 is 2.59 bits per heavy atom. The molecule has 0 atom stereocenters. The van der Waals surface area contributed by atoms with E-state index in [1.807, 2.05) is 12.1 Å². The Hall–Kier alpha value is -1.22. The molecule has 5 nitrogen and oxygen atoms in total. The van der Waals surface area contributed by atoms with Crippen LogP contribution in [-0.2, 0) is 16.6 Å². The molecule has 0 fully saturated rings. The molecule has 0 aliphatic rings. The molecule has 1 amide bonds. The Labute approximate surface area is 142 Å². The molecule has 118 valence electrons. The predicted octanol–water partition coefficient (Wildman–Crippen LogP) is 2.69. The van der Waals surface area contributed by atoms with E-state index in [1.165, 1.54) is 37.6 Å². The number of amides is 1. The van der Waals surface area contributed by atoms with Gasteiger partial charge in [0.15, 0.2) is 0 Å². The molecule has 2 rings (SSSR count). The van der Waals surface area contributed by atoms with Crippen molar-refractivity contribution in [1.29, 1.82) is 0 Å². The van der Waals surface area contributed by atoms with Gasteiger partial charge in [0.2, 0.25) is 10.0 Å². The molecule has 0 saturated heterocycles. The second kappa shape index (κ2) is 6.91. The zero-order chi connectivity index (χ0) is 16.3. The number of thiophene rings is 1. The summed E-state index contributed by atoms with van der Waals surface area (Å²) in [6, 6.07) is 9.84. The molecule has 0 saturated carbocycles. The number of carbonyl (C=O) groups is 1. The third-order valence-corrected chi connectivity index (χ3v) is 6.36. The van der Waals surface area contributed by atoms with Crippen LogP contribution in [-0.4, -0.2) is 32.7 Å². The molecule has 1 aromatic heterocycles. The highest BCUT2D eigenvalue weighted by Crippen LogP contribution is 2.22. The van der Waals surface area contributed by atoms with Crippen LogP contribution in [0.2, 0.25) is 0 Å². The lowest BCUT2D eigenvalue weighted by molar-refractivity contribution is 0.0951. The number of benzene rings is 1. The van der Waals surface area contributed by atoms with Gasteiger partial charge in [-0.1, -0.05) is 6.07 Å². The Morgan fingerprint density at radius 2 is 2.00 bits per heavy atom. The third-order valence-electron chi connectivity index (χ3n) is 2.93. The minimum atomic E-state index is -3.55. The summed E-state index contributed by atoms with van der Waals surface area (Å²) in [6.07, 6.45) is 0. The first-order chi connectivity index (χ1) is 10.3. The lowest BCUT2D eigenvalue weighted by atomic mass is 10.2. The number of carbonyl (C=O) groups excluding carboxylic acids is 1. The molecule has 0 radical (unpaired) electrons. The summed E-state index contributed by atoms with van der Waals surface area (Å²) in [6.45, 7) is 0.403. The highest BCUT2D eigenvalue weighted by atomic mass is 79.9. The summed E-state index contributed by atoms with van der Waals surface area (Å²) >= 11 is 4.90. The van der Waals surface area contributed by atoms with Gasteiger partial charge in [0.1, 0.15) is 0 Å². The van der Waals surface area contributed by atoms with Crippen LogP contribution in [0.25, 0.3) is 0 Å². The Morgan fingerprint density at radius 1 is 1.27 bits per heavy atom. The van der Waals surface area contributed by atoms with Gasteiger partial charge < -0.3 is 5.32 Å². The number of halogens is 1. The minimum Gasteiger partial charge on any atom is -0.347 e. The van der Waals surface area contributed by atoms with Crippen LogP contribution in [0.15, 0.2) is 45.1 Å². The molecule has 22 heavy (non-hydrogen) atoms. The molecule has 0 bridgehead atoms. The summed E-state index contributed by atoms with van der Waals surface area (Å²) < 4.78 is 26.3. The van der Waals surface area contributed by atoms with E-state index in [2.05, 4.69) is 21.2 Å². The quantitative estimate of drug-likeness (QED) is 0.835. The van der Waals surface area contributed by atoms with Crippen molar-refractivity contribution in [2.24, 2.45) is 0 Å². The van der Waals surface area contributed by atoms with Crippen LogP contribution < -0.4 is 5.32 Å². The Bertz CT molecular complexity index is 785. The molecule has 8 heteroatoms. The zero-order valence-electron chi connectivity index (χ0n) is 12.0. The molecule has 2 aromatic rings. The largest absolute Gasteiger partial charge is 0.347 e. The van der Waals surface area contributed by atoms with Gasteiger partial charge in [0.25, 0.3) is 5.91 Å². The second-order valence-electron chi connectivity index (χ2n) is 4.70. The van der Waals surface area contributed by atoms with E-state index in [4.69, 9.17) is 0 Å². The third kappa shape index (κ3) is 3.95. The molecule has 1 heterocycles. The van der Waals surface area contributed by atoms with Crippen molar-refractivity contribution in [3.05, 3.63) is 50.6 Å². The molecular formula is C14H15BrN2O3S2. The predicted molar refractivity (Wildman–Crippen MR) is 90.5 cm³/mol. The summed E-state index contributed by atoms with van der Waals surface area (Å²) in [5, 5.41) is 2.78. The maximum Gasteiger partial charge on any atom is 0.251 e. The van der Waals surface area contributed by atoms with Crippen molar-refractivity contribution >= 4 is 43.2 Å². The number of nitrogens with one attached hydrogen (secondary N) is 1. The number of sulfonamides is 1. The van der Waals surface area contributed by atoms with E-state index >= 15 is 0 Å². The fourth-order valence-corrected chi connectivity index (χ4v) is 4.10. The second-order valence-corrected chi connectivity index (χ2v) is 9.40. The number of hydrogen-bond donors (Lipinski definition) is 1. The van der Waals surface area contributed by atoms with Gasteiger partial charge in [-0.2, -0.15) is 0 Å². The minimum absolute atomic E-state index is 0.101. The highest BCUT2D eigenvalue weighted by Gasteiger charge is 2.18. The normalized spacial score (nSPS) is 11.6. The molecule has 0 spiro atoms. The SMILES string of the molecule is CN(C)S(=O)(=O)c1cccc(C(=O)NCc2ccc(Br)s2)c1. The van der Waals surface area contributed by atoms with Crippen LogP contribution in [0.1, 0.15) is 15.2 Å². The first kappa shape index (κ1) is 17.1. The fraction of sp³-hybridized carbons (Fsp3) is 0.214. The molecule has 0 aliphatic heterocycles. The van der Waals surface area contributed by atoms with Crippen LogP contribution in [0.3, 0.4) is 0 Å². The van der Waals surface area contributed by atoms with E-state index in [1.54, 1.807) is 12.1 Å². The van der Waals surface area contributed by atoms with Crippen LogP contribution in [0.4, 0.5) is 0 Å². The maximum atomic E-state index is 12.1. The van der Waals surface area contributed by atoms with Crippen molar-refractivity contribution in [1.82, 2.24) is 9.62 Å². The summed E-state index contributed by atoms with van der Waals surface area (Å²) in [4.78, 5) is 13.3. The van der Waals surface area contributed by atoms with Crippen molar-refractivity contribution in [2.45, 2.75) is 11.4 Å². The highest BCUT2D eigenvalue weighted by molar-refractivity contribution is 9.11. The van der Waals surface area contributed by atoms with Gasteiger partial charge in [0.05, 0.1) is 15.2 Å². The van der Waals surface area contributed by atoms with Gasteiger partial charge in [-0.3, -0.25) is 4.79 Å². The van der Waals surface area contributed by atoms with Gasteiger partial charge in [-0.25, -0.2) is 12.7 Å². The smallest absolute Gasteiger partial charge is 0.251 e. The molecule has 0 aliphatic carbocycles. The van der Waals surface area contributed by atoms with Crippen LogP contribution in [0.5, 0.6) is 0 Å². The first-order valence-electron chi connectivity index (χ1n) is 6.35.